The van der Waals surface area contributed by atoms with Crippen LogP contribution in [0.3, 0.4) is 0 Å². The average Bonchev–Trinajstić information content (AvgIpc) is 2.76. The van der Waals surface area contributed by atoms with E-state index < -0.39 is 12.1 Å². The molecule has 0 saturated heterocycles. The number of aromatic nitrogens is 2. The highest BCUT2D eigenvalue weighted by Crippen LogP contribution is 2.24. The second kappa shape index (κ2) is 5.08. The second-order valence-electron chi connectivity index (χ2n) is 4.25. The lowest BCUT2D eigenvalue weighted by atomic mass is 10.1. The van der Waals surface area contributed by atoms with Crippen LogP contribution in [0.15, 0.2) is 6.20 Å². The number of nitrogens with two attached hydrogens (primary N) is 1. The fraction of sp³-hybridized carbons (Fsp3) is 0.600. The number of halogens is 3. The summed E-state index contributed by atoms with van der Waals surface area (Å²) in [5.41, 5.74) is 6.23. The molecule has 1 unspecified atom stereocenters. The molecule has 1 atom stereocenters. The van der Waals surface area contributed by atoms with Crippen molar-refractivity contribution in [2.75, 3.05) is 13.2 Å². The van der Waals surface area contributed by atoms with E-state index in [-0.39, 0.29) is 25.6 Å². The van der Waals surface area contributed by atoms with E-state index in [9.17, 15) is 18.0 Å². The molecule has 9 heteroatoms. The van der Waals surface area contributed by atoms with Gasteiger partial charge in [-0.05, 0) is 0 Å². The number of nitrogens with zero attached hydrogens (tertiary/aromatic N) is 2. The summed E-state index contributed by atoms with van der Waals surface area (Å²) in [5.74, 6) is -1.66. The zero-order chi connectivity index (χ0) is 14.0. The molecule has 0 spiro atoms. The number of amides is 1. The maximum atomic E-state index is 12.0. The molecule has 0 fully saturated rings. The first-order valence-corrected chi connectivity index (χ1v) is 5.64. The Morgan fingerprint density at radius 1 is 1.63 bits per heavy atom. The summed E-state index contributed by atoms with van der Waals surface area (Å²) in [6.45, 7) is 0.769. The number of hydrogen-bond donors (Lipinski definition) is 2. The maximum Gasteiger partial charge on any atom is 0.471 e. The van der Waals surface area contributed by atoms with E-state index >= 15 is 0 Å². The average molecular weight is 278 g/mol. The highest BCUT2D eigenvalue weighted by atomic mass is 19.4. The molecule has 3 N–H and O–H groups in total. The van der Waals surface area contributed by atoms with Crippen molar-refractivity contribution in [3.05, 3.63) is 11.8 Å². The Bertz CT molecular complexity index is 472. The van der Waals surface area contributed by atoms with Crippen molar-refractivity contribution in [2.45, 2.75) is 19.3 Å². The number of alkyl halides is 3. The fourth-order valence-corrected chi connectivity index (χ4v) is 1.80. The largest absolute Gasteiger partial charge is 0.477 e. The molecule has 2 heterocycles. The number of hydrogen-bond acceptors (Lipinski definition) is 4. The molecule has 0 radical (unpaired) electrons. The molecule has 1 amide bonds. The van der Waals surface area contributed by atoms with E-state index in [0.29, 0.717) is 12.4 Å². The molecule has 0 bridgehead atoms. The molecular formula is C10H13F3N4O2. The van der Waals surface area contributed by atoms with Gasteiger partial charge in [0.15, 0.2) is 0 Å². The first-order valence-electron chi connectivity index (χ1n) is 5.64. The summed E-state index contributed by atoms with van der Waals surface area (Å²) in [6, 6.07) is 0. The summed E-state index contributed by atoms with van der Waals surface area (Å²) in [4.78, 5) is 10.7. The Labute approximate surface area is 106 Å². The van der Waals surface area contributed by atoms with Crippen molar-refractivity contribution in [2.24, 2.45) is 11.7 Å². The zero-order valence-corrected chi connectivity index (χ0v) is 9.91. The molecule has 1 aliphatic heterocycles. The van der Waals surface area contributed by atoms with Gasteiger partial charge in [0.1, 0.15) is 0 Å². The Morgan fingerprint density at radius 3 is 3.00 bits per heavy atom. The molecular weight excluding hydrogens is 265 g/mol. The van der Waals surface area contributed by atoms with Crippen molar-refractivity contribution in [3.63, 3.8) is 0 Å². The standard InChI is InChI=1S/C10H13F3N4O2/c11-10(12,13)9(18)15-2-6-4-17-8(19-5-6)7(1-14)3-16-17/h3,6H,1-2,4-5,14H2,(H,15,18). The van der Waals surface area contributed by atoms with Crippen molar-refractivity contribution in [1.29, 1.82) is 0 Å². The van der Waals surface area contributed by atoms with E-state index in [1.165, 1.54) is 4.68 Å². The Balaban J connectivity index is 1.91. The normalized spacial score (nSPS) is 18.6. The molecule has 1 aliphatic rings. The van der Waals surface area contributed by atoms with E-state index in [1.807, 2.05) is 5.32 Å². The minimum absolute atomic E-state index is 0.115. The second-order valence-corrected chi connectivity index (χ2v) is 4.25. The molecule has 106 valence electrons. The molecule has 0 aliphatic carbocycles. The van der Waals surface area contributed by atoms with Crippen LogP contribution >= 0.6 is 0 Å². The molecule has 1 aromatic rings. The molecule has 2 rings (SSSR count). The molecule has 6 nitrogen and oxygen atoms in total. The summed E-state index contributed by atoms with van der Waals surface area (Å²) in [6.07, 6.45) is -3.30. The predicted molar refractivity (Wildman–Crippen MR) is 58.2 cm³/mol. The smallest absolute Gasteiger partial charge is 0.471 e. The minimum Gasteiger partial charge on any atom is -0.477 e. The van der Waals surface area contributed by atoms with Gasteiger partial charge in [-0.3, -0.25) is 4.79 Å². The highest BCUT2D eigenvalue weighted by molar-refractivity contribution is 5.81. The summed E-state index contributed by atoms with van der Waals surface area (Å²) in [5, 5.41) is 5.86. The number of fused-ring (bicyclic) bond motifs is 1. The number of carbonyl (C=O) groups excluding carboxylic acids is 1. The van der Waals surface area contributed by atoms with Crippen molar-refractivity contribution >= 4 is 5.91 Å². The number of nitrogens with one attached hydrogen (secondary N) is 1. The third-order valence-corrected chi connectivity index (χ3v) is 2.78. The lowest BCUT2D eigenvalue weighted by Crippen LogP contribution is -2.42. The van der Waals surface area contributed by atoms with Gasteiger partial charge in [0.2, 0.25) is 5.88 Å². The van der Waals surface area contributed by atoms with Crippen LogP contribution in [0.4, 0.5) is 13.2 Å². The Hall–Kier alpha value is -1.77. The number of rotatable bonds is 3. The Morgan fingerprint density at radius 2 is 2.37 bits per heavy atom. The van der Waals surface area contributed by atoms with Gasteiger partial charge in [0, 0.05) is 24.6 Å². The monoisotopic (exact) mass is 278 g/mol. The summed E-state index contributed by atoms with van der Waals surface area (Å²) < 4.78 is 43.0. The lowest BCUT2D eigenvalue weighted by molar-refractivity contribution is -0.173. The molecule has 0 aromatic carbocycles. The van der Waals surface area contributed by atoms with Gasteiger partial charge in [0.25, 0.3) is 0 Å². The quantitative estimate of drug-likeness (QED) is 0.817. The third-order valence-electron chi connectivity index (χ3n) is 2.78. The molecule has 1 aromatic heterocycles. The van der Waals surface area contributed by atoms with E-state index in [0.717, 1.165) is 5.56 Å². The zero-order valence-electron chi connectivity index (χ0n) is 9.91. The van der Waals surface area contributed by atoms with Crippen LogP contribution in [0.2, 0.25) is 0 Å². The van der Waals surface area contributed by atoms with Crippen molar-refractivity contribution in [3.8, 4) is 5.88 Å². The summed E-state index contributed by atoms with van der Waals surface area (Å²) in [7, 11) is 0. The summed E-state index contributed by atoms with van der Waals surface area (Å²) >= 11 is 0. The first-order chi connectivity index (χ1) is 8.91. The SMILES string of the molecule is NCc1cnn2c1OCC(CNC(=O)C(F)(F)F)C2. The van der Waals surface area contributed by atoms with E-state index in [1.54, 1.807) is 6.20 Å². The van der Waals surface area contributed by atoms with Gasteiger partial charge in [-0.25, -0.2) is 4.68 Å². The van der Waals surface area contributed by atoms with E-state index in [2.05, 4.69) is 5.10 Å². The van der Waals surface area contributed by atoms with E-state index in [4.69, 9.17) is 10.5 Å². The van der Waals surface area contributed by atoms with Crippen LogP contribution in [0, 0.1) is 5.92 Å². The van der Waals surface area contributed by atoms with Crippen LogP contribution in [0.5, 0.6) is 5.88 Å². The molecule has 0 saturated carbocycles. The van der Waals surface area contributed by atoms with Crippen LogP contribution in [-0.2, 0) is 17.9 Å². The number of carbonyl (C=O) groups is 1. The van der Waals surface area contributed by atoms with Crippen molar-refractivity contribution < 1.29 is 22.7 Å². The molecule has 19 heavy (non-hydrogen) atoms. The number of ether oxygens (including phenoxy) is 1. The van der Waals surface area contributed by atoms with Crippen molar-refractivity contribution in [1.82, 2.24) is 15.1 Å². The van der Waals surface area contributed by atoms with Gasteiger partial charge in [-0.15, -0.1) is 0 Å². The van der Waals surface area contributed by atoms with Gasteiger partial charge < -0.3 is 15.8 Å². The predicted octanol–water partition coefficient (Wildman–Crippen LogP) is 0.0289. The minimum atomic E-state index is -4.86. The van der Waals surface area contributed by atoms with Crippen LogP contribution < -0.4 is 15.8 Å². The Kier molecular flexibility index (Phi) is 3.65. The topological polar surface area (TPSA) is 82.2 Å². The van der Waals surface area contributed by atoms with Gasteiger partial charge in [0.05, 0.1) is 19.3 Å². The fourth-order valence-electron chi connectivity index (χ4n) is 1.80. The third kappa shape index (κ3) is 2.98. The van der Waals surface area contributed by atoms with Crippen LogP contribution in [0.1, 0.15) is 5.56 Å². The van der Waals surface area contributed by atoms with Gasteiger partial charge in [-0.1, -0.05) is 0 Å². The highest BCUT2D eigenvalue weighted by Gasteiger charge is 2.38. The van der Waals surface area contributed by atoms with Gasteiger partial charge >= 0.3 is 12.1 Å². The van der Waals surface area contributed by atoms with Crippen LogP contribution in [-0.4, -0.2) is 35.0 Å². The first kappa shape index (κ1) is 13.7. The maximum absolute atomic E-state index is 12.0. The lowest BCUT2D eigenvalue weighted by Gasteiger charge is -2.25. The van der Waals surface area contributed by atoms with Crippen LogP contribution in [0.25, 0.3) is 0 Å². The van der Waals surface area contributed by atoms with Gasteiger partial charge in [-0.2, -0.15) is 18.3 Å².